The van der Waals surface area contributed by atoms with Gasteiger partial charge < -0.3 is 5.32 Å². The third-order valence-corrected chi connectivity index (χ3v) is 3.91. The molecule has 0 aliphatic carbocycles. The predicted molar refractivity (Wildman–Crippen MR) is 95.4 cm³/mol. The Balaban J connectivity index is 1.89. The van der Waals surface area contributed by atoms with E-state index in [0.29, 0.717) is 5.92 Å². The third kappa shape index (κ3) is 3.48. The summed E-state index contributed by atoms with van der Waals surface area (Å²) < 4.78 is 0. The van der Waals surface area contributed by atoms with Crippen LogP contribution in [0, 0.1) is 5.92 Å². The van der Waals surface area contributed by atoms with Gasteiger partial charge in [0.25, 0.3) is 0 Å². The number of nitrogens with one attached hydrogen (secondary N) is 1. The second-order valence-corrected chi connectivity index (χ2v) is 6.26. The van der Waals surface area contributed by atoms with Gasteiger partial charge in [0.05, 0.1) is 0 Å². The largest absolute Gasteiger partial charge is 0.381 e. The Labute approximate surface area is 133 Å². The van der Waals surface area contributed by atoms with Crippen molar-refractivity contribution >= 4 is 5.70 Å². The van der Waals surface area contributed by atoms with Crippen LogP contribution in [0.25, 0.3) is 16.8 Å². The first-order chi connectivity index (χ1) is 10.7. The monoisotopic (exact) mass is 289 g/mol. The lowest BCUT2D eigenvalue weighted by molar-refractivity contribution is 0.646. The maximum absolute atomic E-state index is 3.50. The molecule has 0 saturated heterocycles. The van der Waals surface area contributed by atoms with Crippen molar-refractivity contribution in [1.82, 2.24) is 5.32 Å². The molecule has 2 aromatic rings. The van der Waals surface area contributed by atoms with E-state index in [2.05, 4.69) is 85.9 Å². The van der Waals surface area contributed by atoms with Crippen LogP contribution in [-0.2, 0) is 0 Å². The topological polar surface area (TPSA) is 12.0 Å². The standard InChI is InChI=1S/C21H23N/c1-16(2)13-17-11-12-22-21(14-17)20-10-6-9-19(15-20)18-7-4-3-5-8-18/h3-11,14-16,22H,12-13H2,1-2H3. The van der Waals surface area contributed by atoms with Crippen LogP contribution in [-0.4, -0.2) is 6.54 Å². The van der Waals surface area contributed by atoms with Gasteiger partial charge >= 0.3 is 0 Å². The number of allylic oxidation sites excluding steroid dienone is 2. The molecule has 1 nitrogen and oxygen atoms in total. The molecule has 0 spiro atoms. The molecule has 0 atom stereocenters. The highest BCUT2D eigenvalue weighted by molar-refractivity contribution is 5.73. The van der Waals surface area contributed by atoms with E-state index in [4.69, 9.17) is 0 Å². The molecule has 22 heavy (non-hydrogen) atoms. The Kier molecular flexibility index (Phi) is 4.43. The van der Waals surface area contributed by atoms with E-state index in [9.17, 15) is 0 Å². The highest BCUT2D eigenvalue weighted by Crippen LogP contribution is 2.25. The van der Waals surface area contributed by atoms with Gasteiger partial charge in [0, 0.05) is 12.2 Å². The Morgan fingerprint density at radius 2 is 1.64 bits per heavy atom. The fourth-order valence-corrected chi connectivity index (χ4v) is 2.88. The third-order valence-electron chi connectivity index (χ3n) is 3.91. The maximum Gasteiger partial charge on any atom is 0.0419 e. The summed E-state index contributed by atoms with van der Waals surface area (Å²) in [7, 11) is 0. The van der Waals surface area contributed by atoms with E-state index < -0.39 is 0 Å². The summed E-state index contributed by atoms with van der Waals surface area (Å²) >= 11 is 0. The van der Waals surface area contributed by atoms with Gasteiger partial charge in [0.2, 0.25) is 0 Å². The molecular formula is C21H23N. The van der Waals surface area contributed by atoms with Gasteiger partial charge in [-0.2, -0.15) is 0 Å². The molecule has 0 unspecified atom stereocenters. The van der Waals surface area contributed by atoms with Crippen molar-refractivity contribution in [3.8, 4) is 11.1 Å². The number of dihydropyridines is 1. The number of rotatable bonds is 4. The quantitative estimate of drug-likeness (QED) is 0.808. The molecule has 1 N–H and O–H groups in total. The Hall–Kier alpha value is -2.28. The van der Waals surface area contributed by atoms with Crippen molar-refractivity contribution in [3.05, 3.63) is 77.9 Å². The average molecular weight is 289 g/mol. The molecule has 0 radical (unpaired) electrons. The smallest absolute Gasteiger partial charge is 0.0419 e. The predicted octanol–water partition coefficient (Wildman–Crippen LogP) is 5.27. The average Bonchev–Trinajstić information content (AvgIpc) is 2.55. The molecule has 0 aromatic heterocycles. The van der Waals surface area contributed by atoms with Crippen LogP contribution in [0.15, 0.2) is 72.3 Å². The summed E-state index contributed by atoms with van der Waals surface area (Å²) in [6.45, 7) is 5.46. The van der Waals surface area contributed by atoms with E-state index in [-0.39, 0.29) is 0 Å². The van der Waals surface area contributed by atoms with E-state index in [1.54, 1.807) is 0 Å². The maximum atomic E-state index is 3.50. The molecule has 3 rings (SSSR count). The molecule has 0 fully saturated rings. The van der Waals surface area contributed by atoms with Gasteiger partial charge in [-0.25, -0.2) is 0 Å². The molecular weight excluding hydrogens is 266 g/mol. The lowest BCUT2D eigenvalue weighted by Crippen LogP contribution is -2.16. The zero-order valence-corrected chi connectivity index (χ0v) is 13.3. The van der Waals surface area contributed by atoms with Crippen LogP contribution in [0.1, 0.15) is 25.8 Å². The van der Waals surface area contributed by atoms with Crippen LogP contribution in [0.4, 0.5) is 0 Å². The first-order valence-corrected chi connectivity index (χ1v) is 8.03. The van der Waals surface area contributed by atoms with Crippen LogP contribution in [0.3, 0.4) is 0 Å². The van der Waals surface area contributed by atoms with Crippen molar-refractivity contribution in [1.29, 1.82) is 0 Å². The lowest BCUT2D eigenvalue weighted by atomic mass is 9.96. The number of hydrogen-bond donors (Lipinski definition) is 1. The lowest BCUT2D eigenvalue weighted by Gasteiger charge is -2.18. The Morgan fingerprint density at radius 3 is 2.41 bits per heavy atom. The molecule has 2 aromatic carbocycles. The van der Waals surface area contributed by atoms with Gasteiger partial charge in [-0.1, -0.05) is 68.5 Å². The van der Waals surface area contributed by atoms with Crippen LogP contribution in [0.5, 0.6) is 0 Å². The van der Waals surface area contributed by atoms with Crippen molar-refractivity contribution < 1.29 is 0 Å². The van der Waals surface area contributed by atoms with E-state index in [0.717, 1.165) is 13.0 Å². The van der Waals surface area contributed by atoms with Crippen molar-refractivity contribution in [2.45, 2.75) is 20.3 Å². The van der Waals surface area contributed by atoms with Crippen LogP contribution < -0.4 is 5.32 Å². The first kappa shape index (κ1) is 14.6. The first-order valence-electron chi connectivity index (χ1n) is 8.03. The zero-order valence-electron chi connectivity index (χ0n) is 13.3. The molecule has 1 heteroatoms. The van der Waals surface area contributed by atoms with Gasteiger partial charge in [-0.05, 0) is 46.7 Å². The molecule has 112 valence electrons. The second-order valence-electron chi connectivity index (χ2n) is 6.26. The van der Waals surface area contributed by atoms with Crippen LogP contribution in [0.2, 0.25) is 0 Å². The minimum atomic E-state index is 0.692. The van der Waals surface area contributed by atoms with Crippen LogP contribution >= 0.6 is 0 Å². The molecule has 1 aliphatic heterocycles. The summed E-state index contributed by atoms with van der Waals surface area (Å²) in [5.41, 5.74) is 6.46. The highest BCUT2D eigenvalue weighted by Gasteiger charge is 2.09. The highest BCUT2D eigenvalue weighted by atomic mass is 14.9. The number of benzene rings is 2. The van der Waals surface area contributed by atoms with E-state index >= 15 is 0 Å². The van der Waals surface area contributed by atoms with Gasteiger partial charge in [0.15, 0.2) is 0 Å². The second kappa shape index (κ2) is 6.65. The molecule has 0 amide bonds. The Morgan fingerprint density at radius 1 is 0.909 bits per heavy atom. The minimum absolute atomic E-state index is 0.692. The molecule has 0 saturated carbocycles. The van der Waals surface area contributed by atoms with Crippen molar-refractivity contribution in [2.24, 2.45) is 5.92 Å². The van der Waals surface area contributed by atoms with E-state index in [1.807, 2.05) is 0 Å². The van der Waals surface area contributed by atoms with Crippen molar-refractivity contribution in [3.63, 3.8) is 0 Å². The summed E-state index contributed by atoms with van der Waals surface area (Å²) in [6, 6.07) is 19.3. The number of hydrogen-bond acceptors (Lipinski definition) is 1. The normalized spacial score (nSPS) is 14.3. The summed E-state index contributed by atoms with van der Waals surface area (Å²) in [5, 5.41) is 3.50. The summed E-state index contributed by atoms with van der Waals surface area (Å²) in [4.78, 5) is 0. The fourth-order valence-electron chi connectivity index (χ4n) is 2.88. The van der Waals surface area contributed by atoms with Gasteiger partial charge in [-0.3, -0.25) is 0 Å². The minimum Gasteiger partial charge on any atom is -0.381 e. The van der Waals surface area contributed by atoms with Gasteiger partial charge in [0.1, 0.15) is 0 Å². The van der Waals surface area contributed by atoms with Gasteiger partial charge in [-0.15, -0.1) is 0 Å². The molecule has 0 bridgehead atoms. The Bertz CT molecular complexity index is 693. The molecule has 1 aliphatic rings. The van der Waals surface area contributed by atoms with E-state index in [1.165, 1.54) is 28.0 Å². The zero-order chi connectivity index (χ0) is 15.4. The SMILES string of the molecule is CC(C)CC1=CCNC(c2cccc(-c3ccccc3)c2)=C1. The fraction of sp³-hybridized carbons (Fsp3) is 0.238. The molecule has 1 heterocycles. The van der Waals surface area contributed by atoms with Crippen molar-refractivity contribution in [2.75, 3.05) is 6.54 Å². The summed E-state index contributed by atoms with van der Waals surface area (Å²) in [6.07, 6.45) is 5.74. The summed E-state index contributed by atoms with van der Waals surface area (Å²) in [5.74, 6) is 0.692.